The number of aromatic amines is 1. The molecule has 0 spiro atoms. The molecule has 0 saturated heterocycles. The van der Waals surface area contributed by atoms with Gasteiger partial charge in [0.05, 0.1) is 12.5 Å². The van der Waals surface area contributed by atoms with Crippen molar-refractivity contribution in [1.82, 2.24) is 20.5 Å². The molecule has 0 saturated carbocycles. The van der Waals surface area contributed by atoms with Crippen molar-refractivity contribution in [3.63, 3.8) is 0 Å². The van der Waals surface area contributed by atoms with Crippen molar-refractivity contribution in [1.29, 1.82) is 0 Å². The van der Waals surface area contributed by atoms with Gasteiger partial charge in [-0.1, -0.05) is 24.3 Å². The first-order valence-electron chi connectivity index (χ1n) is 6.26. The predicted octanol–water partition coefficient (Wildman–Crippen LogP) is 0.733. The maximum atomic E-state index is 12.2. The van der Waals surface area contributed by atoms with Crippen LogP contribution in [0.5, 0.6) is 0 Å². The summed E-state index contributed by atoms with van der Waals surface area (Å²) in [6, 6.07) is 8.09. The fourth-order valence-electron chi connectivity index (χ4n) is 2.51. The zero-order valence-corrected chi connectivity index (χ0v) is 10.4. The molecule has 0 bridgehead atoms. The first-order valence-corrected chi connectivity index (χ1v) is 6.26. The quantitative estimate of drug-likeness (QED) is 0.755. The molecule has 0 radical (unpaired) electrons. The summed E-state index contributed by atoms with van der Waals surface area (Å²) in [6.45, 7) is 0.321. The smallest absolute Gasteiger partial charge is 0.239 e. The van der Waals surface area contributed by atoms with Crippen molar-refractivity contribution >= 4 is 11.9 Å². The van der Waals surface area contributed by atoms with Gasteiger partial charge in [-0.05, 0) is 24.0 Å². The third kappa shape index (κ3) is 2.29. The second kappa shape index (κ2) is 4.72. The van der Waals surface area contributed by atoms with E-state index in [0.717, 1.165) is 18.4 Å². The number of hydrogen-bond donors (Lipinski definition) is 3. The number of nitrogens with one attached hydrogen (secondary N) is 2. The van der Waals surface area contributed by atoms with Crippen LogP contribution in [0.4, 0.5) is 5.95 Å². The van der Waals surface area contributed by atoms with E-state index < -0.39 is 0 Å². The molecule has 0 aliphatic heterocycles. The number of carbonyl (C=O) groups is 1. The minimum absolute atomic E-state index is 0.0277. The Morgan fingerprint density at radius 2 is 2.32 bits per heavy atom. The maximum Gasteiger partial charge on any atom is 0.239 e. The fourth-order valence-corrected chi connectivity index (χ4v) is 2.51. The van der Waals surface area contributed by atoms with Crippen LogP contribution in [0.3, 0.4) is 0 Å². The molecule has 98 valence electrons. The highest BCUT2D eigenvalue weighted by atomic mass is 16.1. The summed E-state index contributed by atoms with van der Waals surface area (Å²) in [5, 5.41) is 9.25. The minimum Gasteiger partial charge on any atom is -0.367 e. The lowest BCUT2D eigenvalue weighted by atomic mass is 10.0. The van der Waals surface area contributed by atoms with Crippen molar-refractivity contribution < 1.29 is 4.79 Å². The van der Waals surface area contributed by atoms with Gasteiger partial charge in [-0.25, -0.2) is 0 Å². The number of nitrogen functional groups attached to an aromatic ring is 1. The average Bonchev–Trinajstić information content (AvgIpc) is 3.02. The Kier molecular flexibility index (Phi) is 2.91. The normalized spacial score (nSPS) is 17.2. The van der Waals surface area contributed by atoms with E-state index in [9.17, 15) is 4.79 Å². The maximum absolute atomic E-state index is 12.2. The number of hydrogen-bond acceptors (Lipinski definition) is 4. The Morgan fingerprint density at radius 3 is 3.11 bits per heavy atom. The molecule has 6 nitrogen and oxygen atoms in total. The monoisotopic (exact) mass is 257 g/mol. The number of carbonyl (C=O) groups excluding carboxylic acids is 1. The standard InChI is InChI=1S/C13H15N5O/c14-13-16-11(17-18-13)7-15-12(19)10-6-5-8-3-1-2-4-9(8)10/h1-4,10H,5-7H2,(H,15,19)(H3,14,16,17,18)/t10-/m1/s1. The molecular formula is C13H15N5O. The molecule has 4 N–H and O–H groups in total. The van der Waals surface area contributed by atoms with E-state index in [1.807, 2.05) is 18.2 Å². The highest BCUT2D eigenvalue weighted by Crippen LogP contribution is 2.32. The third-order valence-electron chi connectivity index (χ3n) is 3.43. The Morgan fingerprint density at radius 1 is 1.47 bits per heavy atom. The zero-order valence-electron chi connectivity index (χ0n) is 10.4. The van der Waals surface area contributed by atoms with E-state index in [4.69, 9.17) is 5.73 Å². The summed E-state index contributed by atoms with van der Waals surface area (Å²) >= 11 is 0. The van der Waals surface area contributed by atoms with Gasteiger partial charge < -0.3 is 11.1 Å². The van der Waals surface area contributed by atoms with Gasteiger partial charge >= 0.3 is 0 Å². The molecular weight excluding hydrogens is 242 g/mol. The van der Waals surface area contributed by atoms with Crippen LogP contribution >= 0.6 is 0 Å². The van der Waals surface area contributed by atoms with Gasteiger partial charge in [0.1, 0.15) is 5.82 Å². The van der Waals surface area contributed by atoms with Gasteiger partial charge in [-0.15, -0.1) is 5.10 Å². The topological polar surface area (TPSA) is 96.7 Å². The predicted molar refractivity (Wildman–Crippen MR) is 70.1 cm³/mol. The molecule has 3 rings (SSSR count). The van der Waals surface area contributed by atoms with Gasteiger partial charge in [0.15, 0.2) is 0 Å². The van der Waals surface area contributed by atoms with Crippen LogP contribution in [-0.4, -0.2) is 21.1 Å². The zero-order chi connectivity index (χ0) is 13.2. The average molecular weight is 257 g/mol. The highest BCUT2D eigenvalue weighted by Gasteiger charge is 2.27. The Labute approximate surface area is 110 Å². The Balaban J connectivity index is 1.66. The van der Waals surface area contributed by atoms with Gasteiger partial charge in [0.2, 0.25) is 11.9 Å². The molecule has 0 fully saturated rings. The molecule has 2 aromatic rings. The second-order valence-electron chi connectivity index (χ2n) is 4.65. The van der Waals surface area contributed by atoms with Crippen molar-refractivity contribution in [2.75, 3.05) is 5.73 Å². The van der Waals surface area contributed by atoms with E-state index in [1.165, 1.54) is 5.56 Å². The molecule has 1 aliphatic rings. The summed E-state index contributed by atoms with van der Waals surface area (Å²) in [5.74, 6) is 0.726. The van der Waals surface area contributed by atoms with Crippen LogP contribution in [0.25, 0.3) is 0 Å². The minimum atomic E-state index is -0.0588. The first kappa shape index (κ1) is 11.7. The van der Waals surface area contributed by atoms with Crippen LogP contribution in [0.1, 0.15) is 29.3 Å². The van der Waals surface area contributed by atoms with Crippen LogP contribution in [0, 0.1) is 0 Å². The molecule has 1 heterocycles. The molecule has 6 heteroatoms. The molecule has 1 amide bonds. The van der Waals surface area contributed by atoms with Crippen molar-refractivity contribution in [3.05, 3.63) is 41.2 Å². The summed E-state index contributed by atoms with van der Waals surface area (Å²) in [5.41, 5.74) is 7.81. The summed E-state index contributed by atoms with van der Waals surface area (Å²) in [4.78, 5) is 16.1. The lowest BCUT2D eigenvalue weighted by Gasteiger charge is -2.11. The van der Waals surface area contributed by atoms with Gasteiger partial charge in [0, 0.05) is 0 Å². The molecule has 1 aromatic heterocycles. The third-order valence-corrected chi connectivity index (χ3v) is 3.43. The second-order valence-corrected chi connectivity index (χ2v) is 4.65. The van der Waals surface area contributed by atoms with E-state index in [-0.39, 0.29) is 17.8 Å². The summed E-state index contributed by atoms with van der Waals surface area (Å²) in [6.07, 6.45) is 1.83. The Hall–Kier alpha value is -2.37. The number of H-pyrrole nitrogens is 1. The van der Waals surface area contributed by atoms with Crippen molar-refractivity contribution in [3.8, 4) is 0 Å². The lowest BCUT2D eigenvalue weighted by Crippen LogP contribution is -2.28. The first-order chi connectivity index (χ1) is 9.24. The molecule has 0 unspecified atom stereocenters. The molecule has 19 heavy (non-hydrogen) atoms. The van der Waals surface area contributed by atoms with Crippen LogP contribution in [0.15, 0.2) is 24.3 Å². The van der Waals surface area contributed by atoms with Gasteiger partial charge in [-0.3, -0.25) is 9.89 Å². The number of benzene rings is 1. The van der Waals surface area contributed by atoms with E-state index in [2.05, 4.69) is 26.6 Å². The summed E-state index contributed by atoms with van der Waals surface area (Å²) in [7, 11) is 0. The van der Waals surface area contributed by atoms with Gasteiger partial charge in [0.25, 0.3) is 0 Å². The van der Waals surface area contributed by atoms with Crippen LogP contribution in [0.2, 0.25) is 0 Å². The number of amides is 1. The van der Waals surface area contributed by atoms with Crippen LogP contribution in [-0.2, 0) is 17.8 Å². The number of anilines is 1. The fraction of sp³-hybridized carbons (Fsp3) is 0.308. The van der Waals surface area contributed by atoms with E-state index >= 15 is 0 Å². The molecule has 1 aromatic carbocycles. The lowest BCUT2D eigenvalue weighted by molar-refractivity contribution is -0.122. The SMILES string of the molecule is Nc1n[nH]c(CNC(=O)[C@@H]2CCc3ccccc32)n1. The number of fused-ring (bicyclic) bond motifs is 1. The number of nitrogens with two attached hydrogens (primary N) is 1. The Bertz CT molecular complexity index is 607. The number of rotatable bonds is 3. The number of nitrogens with zero attached hydrogens (tertiary/aromatic N) is 2. The largest absolute Gasteiger partial charge is 0.367 e. The van der Waals surface area contributed by atoms with Gasteiger partial charge in [-0.2, -0.15) is 4.98 Å². The summed E-state index contributed by atoms with van der Waals surface area (Å²) < 4.78 is 0. The van der Waals surface area contributed by atoms with E-state index in [1.54, 1.807) is 0 Å². The van der Waals surface area contributed by atoms with E-state index in [0.29, 0.717) is 12.4 Å². The molecule has 1 atom stereocenters. The highest BCUT2D eigenvalue weighted by molar-refractivity contribution is 5.84. The van der Waals surface area contributed by atoms with Crippen LogP contribution < -0.4 is 11.1 Å². The van der Waals surface area contributed by atoms with Crippen molar-refractivity contribution in [2.45, 2.75) is 25.3 Å². The number of aryl methyl sites for hydroxylation is 1. The molecule has 1 aliphatic carbocycles. The van der Waals surface area contributed by atoms with Crippen molar-refractivity contribution in [2.24, 2.45) is 0 Å². The number of aromatic nitrogens is 3.